The molecule has 3 N–H and O–H groups in total. The number of rotatable bonds is 1. The molecule has 1 rings (SSSR count). The SMILES string of the molecule is CCC1NCC(O)CC1O. The summed E-state index contributed by atoms with van der Waals surface area (Å²) in [6, 6.07) is 0.184. The fourth-order valence-corrected chi connectivity index (χ4v) is 1.37. The van der Waals surface area contributed by atoms with E-state index < -0.39 is 0 Å². The molecule has 1 heterocycles. The molecular weight excluding hydrogens is 130 g/mol. The van der Waals surface area contributed by atoms with Crippen LogP contribution in [-0.2, 0) is 0 Å². The summed E-state index contributed by atoms with van der Waals surface area (Å²) in [6.07, 6.45) is 0.714. The predicted octanol–water partition coefficient (Wildman–Crippen LogP) is -0.520. The lowest BCUT2D eigenvalue weighted by Gasteiger charge is -2.31. The normalized spacial score (nSPS) is 41.7. The third-order valence-corrected chi connectivity index (χ3v) is 2.03. The Morgan fingerprint density at radius 1 is 1.50 bits per heavy atom. The maximum atomic E-state index is 9.32. The molecule has 1 aliphatic rings. The average Bonchev–Trinajstić information content (AvgIpc) is 1.88. The van der Waals surface area contributed by atoms with Crippen LogP contribution in [0.25, 0.3) is 0 Å². The smallest absolute Gasteiger partial charge is 0.0718 e. The second-order valence-electron chi connectivity index (χ2n) is 2.88. The van der Waals surface area contributed by atoms with Crippen LogP contribution in [0.4, 0.5) is 0 Å². The molecule has 0 bridgehead atoms. The maximum absolute atomic E-state index is 9.32. The zero-order chi connectivity index (χ0) is 7.56. The molecule has 0 radical (unpaired) electrons. The number of aliphatic hydroxyl groups is 2. The van der Waals surface area contributed by atoms with Gasteiger partial charge < -0.3 is 15.5 Å². The van der Waals surface area contributed by atoms with E-state index in [1.807, 2.05) is 6.92 Å². The molecule has 0 spiro atoms. The van der Waals surface area contributed by atoms with Crippen LogP contribution in [-0.4, -0.2) is 35.0 Å². The van der Waals surface area contributed by atoms with Gasteiger partial charge in [0.25, 0.3) is 0 Å². The number of β-amino-alcohol motifs (C(OH)–C–C–N with tert-alkyl or cyclic N) is 1. The summed E-state index contributed by atoms with van der Waals surface area (Å²) < 4.78 is 0. The molecule has 1 aliphatic heterocycles. The predicted molar refractivity (Wildman–Crippen MR) is 38.7 cm³/mol. The van der Waals surface area contributed by atoms with Gasteiger partial charge in [-0.3, -0.25) is 0 Å². The minimum absolute atomic E-state index is 0.184. The maximum Gasteiger partial charge on any atom is 0.0718 e. The van der Waals surface area contributed by atoms with Crippen molar-refractivity contribution in [2.24, 2.45) is 0 Å². The molecular formula is C7H15NO2. The van der Waals surface area contributed by atoms with Crippen LogP contribution in [0, 0.1) is 0 Å². The topological polar surface area (TPSA) is 52.5 Å². The Morgan fingerprint density at radius 2 is 2.20 bits per heavy atom. The molecule has 0 aromatic rings. The Kier molecular flexibility index (Phi) is 2.65. The van der Waals surface area contributed by atoms with E-state index in [1.165, 1.54) is 0 Å². The molecule has 10 heavy (non-hydrogen) atoms. The molecule has 0 aromatic heterocycles. The van der Waals surface area contributed by atoms with E-state index >= 15 is 0 Å². The highest BCUT2D eigenvalue weighted by atomic mass is 16.3. The van der Waals surface area contributed by atoms with Crippen molar-refractivity contribution in [3.63, 3.8) is 0 Å². The van der Waals surface area contributed by atoms with Crippen LogP contribution in [0.5, 0.6) is 0 Å². The first-order chi connectivity index (χ1) is 4.74. The number of hydrogen-bond donors (Lipinski definition) is 3. The van der Waals surface area contributed by atoms with E-state index in [0.29, 0.717) is 13.0 Å². The molecule has 0 aromatic carbocycles. The van der Waals surface area contributed by atoms with Gasteiger partial charge in [-0.15, -0.1) is 0 Å². The Bertz CT molecular complexity index is 108. The second kappa shape index (κ2) is 3.32. The minimum Gasteiger partial charge on any atom is -0.392 e. The summed E-state index contributed by atoms with van der Waals surface area (Å²) in [7, 11) is 0. The Balaban J connectivity index is 2.36. The standard InChI is InChI=1S/C7H15NO2/c1-2-6-7(10)3-5(9)4-8-6/h5-10H,2-4H2,1H3. The van der Waals surface area contributed by atoms with Gasteiger partial charge in [-0.25, -0.2) is 0 Å². The third-order valence-electron chi connectivity index (χ3n) is 2.03. The fourth-order valence-electron chi connectivity index (χ4n) is 1.37. The summed E-state index contributed by atoms with van der Waals surface area (Å²) in [5.74, 6) is 0. The molecule has 1 saturated heterocycles. The first-order valence-corrected chi connectivity index (χ1v) is 3.83. The molecule has 3 unspecified atom stereocenters. The zero-order valence-corrected chi connectivity index (χ0v) is 6.25. The van der Waals surface area contributed by atoms with E-state index in [4.69, 9.17) is 5.11 Å². The van der Waals surface area contributed by atoms with Gasteiger partial charge in [0.2, 0.25) is 0 Å². The van der Waals surface area contributed by atoms with Crippen LogP contribution in [0.3, 0.4) is 0 Å². The Hall–Kier alpha value is -0.120. The van der Waals surface area contributed by atoms with Crippen molar-refractivity contribution < 1.29 is 10.2 Å². The lowest BCUT2D eigenvalue weighted by atomic mass is 9.98. The van der Waals surface area contributed by atoms with Crippen molar-refractivity contribution in [2.45, 2.75) is 38.0 Å². The average molecular weight is 145 g/mol. The number of piperidine rings is 1. The summed E-state index contributed by atoms with van der Waals surface area (Å²) in [5, 5.41) is 21.5. The summed E-state index contributed by atoms with van der Waals surface area (Å²) in [6.45, 7) is 2.65. The molecule has 60 valence electrons. The molecule has 0 saturated carbocycles. The molecule has 3 atom stereocenters. The Morgan fingerprint density at radius 3 is 2.70 bits per heavy atom. The van der Waals surface area contributed by atoms with Crippen LogP contribution < -0.4 is 5.32 Å². The monoisotopic (exact) mass is 145 g/mol. The van der Waals surface area contributed by atoms with E-state index in [2.05, 4.69) is 5.32 Å². The number of nitrogens with one attached hydrogen (secondary N) is 1. The first kappa shape index (κ1) is 7.98. The molecule has 0 amide bonds. The second-order valence-corrected chi connectivity index (χ2v) is 2.88. The van der Waals surface area contributed by atoms with Crippen molar-refractivity contribution >= 4 is 0 Å². The first-order valence-electron chi connectivity index (χ1n) is 3.83. The van der Waals surface area contributed by atoms with Gasteiger partial charge in [0.1, 0.15) is 0 Å². The lowest BCUT2D eigenvalue weighted by Crippen LogP contribution is -2.50. The van der Waals surface area contributed by atoms with Crippen LogP contribution in [0.2, 0.25) is 0 Å². The summed E-state index contributed by atoms with van der Waals surface area (Å²) in [5.41, 5.74) is 0. The van der Waals surface area contributed by atoms with Crippen LogP contribution in [0.1, 0.15) is 19.8 Å². The van der Waals surface area contributed by atoms with Crippen molar-refractivity contribution in [2.75, 3.05) is 6.54 Å². The van der Waals surface area contributed by atoms with Crippen molar-refractivity contribution in [3.8, 4) is 0 Å². The highest BCUT2D eigenvalue weighted by molar-refractivity contribution is 4.83. The number of hydrogen-bond acceptors (Lipinski definition) is 3. The zero-order valence-electron chi connectivity index (χ0n) is 6.25. The van der Waals surface area contributed by atoms with Gasteiger partial charge >= 0.3 is 0 Å². The van der Waals surface area contributed by atoms with Gasteiger partial charge in [0, 0.05) is 19.0 Å². The molecule has 3 nitrogen and oxygen atoms in total. The van der Waals surface area contributed by atoms with E-state index in [0.717, 1.165) is 6.42 Å². The molecule has 0 aliphatic carbocycles. The van der Waals surface area contributed by atoms with E-state index in [9.17, 15) is 5.11 Å². The summed E-state index contributed by atoms with van der Waals surface area (Å²) in [4.78, 5) is 0. The van der Waals surface area contributed by atoms with Gasteiger partial charge in [-0.05, 0) is 6.42 Å². The minimum atomic E-state index is -0.367. The molecule has 3 heteroatoms. The van der Waals surface area contributed by atoms with Crippen LogP contribution in [0.15, 0.2) is 0 Å². The van der Waals surface area contributed by atoms with E-state index in [-0.39, 0.29) is 18.2 Å². The van der Waals surface area contributed by atoms with Crippen molar-refractivity contribution in [1.29, 1.82) is 0 Å². The van der Waals surface area contributed by atoms with Gasteiger partial charge in [0.15, 0.2) is 0 Å². The Labute approximate surface area is 61.1 Å². The van der Waals surface area contributed by atoms with Crippen LogP contribution >= 0.6 is 0 Å². The molecule has 1 fully saturated rings. The third kappa shape index (κ3) is 1.68. The van der Waals surface area contributed by atoms with Gasteiger partial charge in [0.05, 0.1) is 12.2 Å². The largest absolute Gasteiger partial charge is 0.392 e. The highest BCUT2D eigenvalue weighted by Crippen LogP contribution is 2.10. The van der Waals surface area contributed by atoms with E-state index in [1.54, 1.807) is 0 Å². The van der Waals surface area contributed by atoms with Crippen molar-refractivity contribution in [3.05, 3.63) is 0 Å². The van der Waals surface area contributed by atoms with Crippen molar-refractivity contribution in [1.82, 2.24) is 5.32 Å². The summed E-state index contributed by atoms with van der Waals surface area (Å²) >= 11 is 0. The highest BCUT2D eigenvalue weighted by Gasteiger charge is 2.25. The number of aliphatic hydroxyl groups excluding tert-OH is 2. The van der Waals surface area contributed by atoms with Gasteiger partial charge in [-0.1, -0.05) is 6.92 Å². The quantitative estimate of drug-likeness (QED) is 0.465. The fraction of sp³-hybridized carbons (Fsp3) is 1.00. The lowest BCUT2D eigenvalue weighted by molar-refractivity contribution is 0.0220. The van der Waals surface area contributed by atoms with Gasteiger partial charge in [-0.2, -0.15) is 0 Å².